The second-order valence-corrected chi connectivity index (χ2v) is 4.38. The maximum atomic E-state index is 4.73. The van der Waals surface area contributed by atoms with E-state index in [9.17, 15) is 0 Å². The van der Waals surface area contributed by atoms with Crippen LogP contribution < -0.4 is 0 Å². The van der Waals surface area contributed by atoms with Crippen molar-refractivity contribution in [3.63, 3.8) is 0 Å². The van der Waals surface area contributed by atoms with Crippen molar-refractivity contribution in [2.45, 2.75) is 0 Å². The number of hydrogen-bond acceptors (Lipinski definition) is 2. The zero-order valence-corrected chi connectivity index (χ0v) is 9.67. The maximum absolute atomic E-state index is 4.73. The monoisotopic (exact) mass is 230 g/mol. The second-order valence-electron chi connectivity index (χ2n) is 4.38. The maximum Gasteiger partial charge on any atom is 0.0796 e. The number of nitrogens with zero attached hydrogens (tertiary/aromatic N) is 2. The molecule has 0 aliphatic carbocycles. The van der Waals surface area contributed by atoms with Crippen molar-refractivity contribution in [3.05, 3.63) is 60.8 Å². The minimum Gasteiger partial charge on any atom is -0.256 e. The molecule has 0 atom stereocenters. The van der Waals surface area contributed by atoms with Gasteiger partial charge in [0.1, 0.15) is 0 Å². The molecule has 2 heterocycles. The summed E-state index contributed by atoms with van der Waals surface area (Å²) in [7, 11) is 0. The summed E-state index contributed by atoms with van der Waals surface area (Å²) in [5.41, 5.74) is 3.03. The van der Waals surface area contributed by atoms with Gasteiger partial charge in [-0.25, -0.2) is 4.98 Å². The molecule has 2 heteroatoms. The average molecular weight is 230 g/mol. The van der Waals surface area contributed by atoms with E-state index in [0.717, 1.165) is 27.3 Å². The Bertz CT molecular complexity index is 881. The van der Waals surface area contributed by atoms with Gasteiger partial charge >= 0.3 is 0 Å². The molecule has 0 bridgehead atoms. The summed E-state index contributed by atoms with van der Waals surface area (Å²) in [6.45, 7) is 0. The SMILES string of the molecule is c1ccc2nc3ccc4ccnc4c3ccc2c1. The van der Waals surface area contributed by atoms with Crippen LogP contribution >= 0.6 is 0 Å². The lowest BCUT2D eigenvalue weighted by Gasteiger charge is -1.93. The molecule has 0 radical (unpaired) electrons. The molecule has 0 aliphatic heterocycles. The summed E-state index contributed by atoms with van der Waals surface area (Å²) < 4.78 is 0. The fraction of sp³-hybridized carbons (Fsp3) is 0. The van der Waals surface area contributed by atoms with Gasteiger partial charge in [-0.3, -0.25) is 4.98 Å². The lowest BCUT2D eigenvalue weighted by Crippen LogP contribution is -1.75. The van der Waals surface area contributed by atoms with Gasteiger partial charge < -0.3 is 0 Å². The normalized spacial score (nSPS) is 11.3. The molecule has 0 amide bonds. The third-order valence-corrected chi connectivity index (χ3v) is 3.29. The van der Waals surface area contributed by atoms with Gasteiger partial charge in [-0.15, -0.1) is 0 Å². The molecule has 0 saturated carbocycles. The Labute approximate surface area is 104 Å². The van der Waals surface area contributed by atoms with Crippen molar-refractivity contribution in [1.29, 1.82) is 0 Å². The van der Waals surface area contributed by atoms with Crippen molar-refractivity contribution in [2.75, 3.05) is 0 Å². The molecule has 4 rings (SSSR count). The Morgan fingerprint density at radius 3 is 2.56 bits per heavy atom. The largest absolute Gasteiger partial charge is 0.256 e. The number of rotatable bonds is 0. The zero-order valence-electron chi connectivity index (χ0n) is 9.67. The molecule has 0 saturated heterocycles. The first kappa shape index (κ1) is 9.54. The van der Waals surface area contributed by atoms with Gasteiger partial charge in [0.25, 0.3) is 0 Å². The Balaban J connectivity index is 2.29. The minimum absolute atomic E-state index is 0.988. The fourth-order valence-corrected chi connectivity index (χ4v) is 2.38. The van der Waals surface area contributed by atoms with Gasteiger partial charge in [0.15, 0.2) is 0 Å². The quantitative estimate of drug-likeness (QED) is 0.457. The second kappa shape index (κ2) is 3.50. The van der Waals surface area contributed by atoms with Crippen LogP contribution in [0, 0.1) is 0 Å². The molecular formula is C16H10N2. The van der Waals surface area contributed by atoms with Crippen LogP contribution in [0.5, 0.6) is 0 Å². The van der Waals surface area contributed by atoms with E-state index in [1.54, 1.807) is 0 Å². The average Bonchev–Trinajstić information content (AvgIpc) is 2.79. The van der Waals surface area contributed by atoms with E-state index in [1.165, 1.54) is 5.39 Å². The summed E-state index contributed by atoms with van der Waals surface area (Å²) in [6.07, 6.45) is 1.84. The molecule has 2 nitrogen and oxygen atoms in total. The zero-order chi connectivity index (χ0) is 11.9. The molecule has 2 aromatic heterocycles. The van der Waals surface area contributed by atoms with Gasteiger partial charge in [-0.05, 0) is 24.3 Å². The highest BCUT2D eigenvalue weighted by atomic mass is 14.7. The van der Waals surface area contributed by atoms with Crippen molar-refractivity contribution in [1.82, 2.24) is 9.97 Å². The van der Waals surface area contributed by atoms with Gasteiger partial charge in [0, 0.05) is 22.4 Å². The number of hydrogen-bond donors (Lipinski definition) is 0. The molecule has 0 unspecified atom stereocenters. The molecule has 0 N–H and O–H groups in total. The van der Waals surface area contributed by atoms with Crippen LogP contribution in [0.1, 0.15) is 0 Å². The van der Waals surface area contributed by atoms with E-state index < -0.39 is 0 Å². The summed E-state index contributed by atoms with van der Waals surface area (Å²) >= 11 is 0. The molecule has 0 fully saturated rings. The van der Waals surface area contributed by atoms with E-state index in [0.29, 0.717) is 0 Å². The van der Waals surface area contributed by atoms with Crippen molar-refractivity contribution >= 4 is 32.7 Å². The molecule has 0 spiro atoms. The number of benzene rings is 2. The molecule has 4 aromatic rings. The summed E-state index contributed by atoms with van der Waals surface area (Å²) in [6, 6.07) is 18.6. The van der Waals surface area contributed by atoms with E-state index in [-0.39, 0.29) is 0 Å². The smallest absolute Gasteiger partial charge is 0.0796 e. The Hall–Kier alpha value is -2.48. The Morgan fingerprint density at radius 2 is 1.56 bits per heavy atom. The highest BCUT2D eigenvalue weighted by molar-refractivity contribution is 6.05. The Morgan fingerprint density at radius 1 is 0.667 bits per heavy atom. The number of aromatic nitrogens is 2. The number of para-hydroxylation sites is 1. The summed E-state index contributed by atoms with van der Waals surface area (Å²) in [5.74, 6) is 0. The third kappa shape index (κ3) is 1.29. The molecular weight excluding hydrogens is 220 g/mol. The predicted octanol–water partition coefficient (Wildman–Crippen LogP) is 3.94. The first-order valence-electron chi connectivity index (χ1n) is 5.95. The van der Waals surface area contributed by atoms with Gasteiger partial charge in [0.2, 0.25) is 0 Å². The van der Waals surface area contributed by atoms with Crippen LogP contribution in [0.3, 0.4) is 0 Å². The lowest BCUT2D eigenvalue weighted by molar-refractivity contribution is 1.48. The first-order valence-corrected chi connectivity index (χ1v) is 5.95. The van der Waals surface area contributed by atoms with Crippen LogP contribution in [0.2, 0.25) is 0 Å². The molecule has 84 valence electrons. The van der Waals surface area contributed by atoms with Gasteiger partial charge in [0.05, 0.1) is 16.6 Å². The predicted molar refractivity (Wildman–Crippen MR) is 74.6 cm³/mol. The van der Waals surface area contributed by atoms with Crippen LogP contribution in [0.4, 0.5) is 0 Å². The van der Waals surface area contributed by atoms with Crippen LogP contribution in [-0.2, 0) is 0 Å². The van der Waals surface area contributed by atoms with Crippen LogP contribution in [0.25, 0.3) is 32.7 Å². The van der Waals surface area contributed by atoms with Crippen LogP contribution in [0.15, 0.2) is 60.8 Å². The molecule has 18 heavy (non-hydrogen) atoms. The standard InChI is InChI=1S/C16H10N2/c1-2-4-14-11(3-1)5-7-13-15(18-14)8-6-12-9-10-17-16(12)13/h1-10H. The van der Waals surface area contributed by atoms with Crippen LogP contribution in [-0.4, -0.2) is 9.97 Å². The van der Waals surface area contributed by atoms with E-state index in [1.807, 2.05) is 30.5 Å². The molecule has 2 aromatic carbocycles. The number of fused-ring (bicyclic) bond motifs is 4. The highest BCUT2D eigenvalue weighted by Crippen LogP contribution is 2.23. The highest BCUT2D eigenvalue weighted by Gasteiger charge is 2.02. The minimum atomic E-state index is 0.988. The first-order chi connectivity index (χ1) is 8.92. The lowest BCUT2D eigenvalue weighted by atomic mass is 10.1. The van der Waals surface area contributed by atoms with Gasteiger partial charge in [-0.2, -0.15) is 0 Å². The fourth-order valence-electron chi connectivity index (χ4n) is 2.38. The van der Waals surface area contributed by atoms with E-state index in [4.69, 9.17) is 4.98 Å². The van der Waals surface area contributed by atoms with Crippen molar-refractivity contribution in [2.24, 2.45) is 0 Å². The van der Waals surface area contributed by atoms with Crippen molar-refractivity contribution < 1.29 is 0 Å². The summed E-state index contributed by atoms with van der Waals surface area (Å²) in [5, 5.41) is 3.42. The van der Waals surface area contributed by atoms with Gasteiger partial charge in [-0.1, -0.05) is 30.3 Å². The van der Waals surface area contributed by atoms with Crippen molar-refractivity contribution in [3.8, 4) is 0 Å². The third-order valence-electron chi connectivity index (χ3n) is 3.29. The molecule has 0 aliphatic rings. The summed E-state index contributed by atoms with van der Waals surface area (Å²) in [4.78, 5) is 9.16. The topological polar surface area (TPSA) is 25.8 Å². The van der Waals surface area contributed by atoms with E-state index in [2.05, 4.69) is 35.3 Å². The van der Waals surface area contributed by atoms with E-state index >= 15 is 0 Å². The Kier molecular flexibility index (Phi) is 1.86.